The zero-order valence-corrected chi connectivity index (χ0v) is 11.1. The number of rotatable bonds is 3. The van der Waals surface area contributed by atoms with Crippen molar-refractivity contribution in [3.05, 3.63) is 0 Å². The lowest BCUT2D eigenvalue weighted by Gasteiger charge is -2.29. The summed E-state index contributed by atoms with van der Waals surface area (Å²) in [5, 5.41) is 14.5. The number of amides is 2. The van der Waals surface area contributed by atoms with Crippen molar-refractivity contribution in [2.45, 2.75) is 38.0 Å². The van der Waals surface area contributed by atoms with Crippen LogP contribution in [0.25, 0.3) is 0 Å². The molecular formula is C12H20N2O5. The van der Waals surface area contributed by atoms with Crippen molar-refractivity contribution in [1.82, 2.24) is 10.6 Å². The van der Waals surface area contributed by atoms with Crippen molar-refractivity contribution in [2.24, 2.45) is 5.92 Å². The van der Waals surface area contributed by atoms with Crippen molar-refractivity contribution < 1.29 is 24.2 Å². The zero-order chi connectivity index (χ0) is 14.0. The molecule has 2 rings (SSSR count). The molecule has 0 aromatic heterocycles. The van der Waals surface area contributed by atoms with E-state index in [1.807, 2.05) is 13.8 Å². The minimum absolute atomic E-state index is 0.0617. The van der Waals surface area contributed by atoms with Gasteiger partial charge in [-0.1, -0.05) is 0 Å². The maximum absolute atomic E-state index is 11.9. The lowest BCUT2D eigenvalue weighted by molar-refractivity contribution is -0.142. The lowest BCUT2D eigenvalue weighted by atomic mass is 9.95. The van der Waals surface area contributed by atoms with E-state index in [1.54, 1.807) is 0 Å². The number of urea groups is 1. The number of hydrogen-bond donors (Lipinski definition) is 3. The Kier molecular flexibility index (Phi) is 3.96. The molecule has 0 spiro atoms. The molecule has 2 amide bonds. The lowest BCUT2D eigenvalue weighted by Crippen LogP contribution is -2.56. The smallest absolute Gasteiger partial charge is 0.315 e. The number of carbonyl (C=O) groups excluding carboxylic acids is 1. The van der Waals surface area contributed by atoms with Gasteiger partial charge in [0.25, 0.3) is 0 Å². The first-order valence-corrected chi connectivity index (χ1v) is 6.43. The van der Waals surface area contributed by atoms with Crippen LogP contribution in [0.2, 0.25) is 0 Å². The van der Waals surface area contributed by atoms with Crippen LogP contribution in [0.1, 0.15) is 20.3 Å². The first kappa shape index (κ1) is 14.1. The van der Waals surface area contributed by atoms with Crippen LogP contribution in [0.5, 0.6) is 0 Å². The number of hydrogen-bond acceptors (Lipinski definition) is 4. The quantitative estimate of drug-likeness (QED) is 0.669. The number of carbonyl (C=O) groups is 2. The van der Waals surface area contributed by atoms with Gasteiger partial charge in [0.2, 0.25) is 0 Å². The van der Waals surface area contributed by atoms with E-state index in [0.29, 0.717) is 6.61 Å². The molecule has 0 aromatic rings. The summed E-state index contributed by atoms with van der Waals surface area (Å²) in [6.07, 6.45) is 0.679. The Hall–Kier alpha value is -1.34. The van der Waals surface area contributed by atoms with E-state index in [0.717, 1.165) is 6.42 Å². The Morgan fingerprint density at radius 2 is 2.11 bits per heavy atom. The van der Waals surface area contributed by atoms with Crippen LogP contribution in [0.4, 0.5) is 4.79 Å². The molecule has 2 aliphatic rings. The summed E-state index contributed by atoms with van der Waals surface area (Å²) < 4.78 is 10.5. The summed E-state index contributed by atoms with van der Waals surface area (Å²) in [6.45, 7) is 4.81. The summed E-state index contributed by atoms with van der Waals surface area (Å²) >= 11 is 0. The number of aliphatic carboxylic acids is 1. The standard InChI is InChI=1S/C12H20N2O5/c1-7-12(2,3-4-19-7)14-11(17)13-9-6-18-5-8(9)10(15)16/h7-9H,3-6H2,1-2H3,(H,15,16)(H2,13,14,17). The van der Waals surface area contributed by atoms with E-state index in [1.165, 1.54) is 0 Å². The molecule has 3 N–H and O–H groups in total. The highest BCUT2D eigenvalue weighted by atomic mass is 16.5. The molecule has 2 aliphatic heterocycles. The predicted molar refractivity (Wildman–Crippen MR) is 65.8 cm³/mol. The molecule has 0 aromatic carbocycles. The van der Waals surface area contributed by atoms with E-state index < -0.39 is 23.5 Å². The van der Waals surface area contributed by atoms with E-state index >= 15 is 0 Å². The van der Waals surface area contributed by atoms with Gasteiger partial charge in [-0.3, -0.25) is 4.79 Å². The second-order valence-electron chi connectivity index (χ2n) is 5.37. The third-order valence-electron chi connectivity index (χ3n) is 4.00. The fraction of sp³-hybridized carbons (Fsp3) is 0.833. The molecule has 7 heteroatoms. The maximum atomic E-state index is 11.9. The number of carboxylic acids is 1. The van der Waals surface area contributed by atoms with Crippen LogP contribution in [-0.4, -0.2) is 54.6 Å². The van der Waals surface area contributed by atoms with Crippen molar-refractivity contribution in [2.75, 3.05) is 19.8 Å². The predicted octanol–water partition coefficient (Wildman–Crippen LogP) is -0.0473. The zero-order valence-electron chi connectivity index (χ0n) is 11.1. The summed E-state index contributed by atoms with van der Waals surface area (Å²) in [6, 6.07) is -0.861. The first-order chi connectivity index (χ1) is 8.92. The van der Waals surface area contributed by atoms with Crippen LogP contribution in [0.15, 0.2) is 0 Å². The van der Waals surface area contributed by atoms with Crippen LogP contribution >= 0.6 is 0 Å². The average Bonchev–Trinajstić information content (AvgIpc) is 2.87. The number of nitrogens with one attached hydrogen (secondary N) is 2. The third-order valence-corrected chi connectivity index (χ3v) is 4.00. The first-order valence-electron chi connectivity index (χ1n) is 6.43. The van der Waals surface area contributed by atoms with Gasteiger partial charge in [0, 0.05) is 6.61 Å². The molecule has 0 bridgehead atoms. The molecule has 4 unspecified atom stereocenters. The number of carboxylic acid groups (broad SMARTS) is 1. The Morgan fingerprint density at radius 3 is 2.68 bits per heavy atom. The average molecular weight is 272 g/mol. The van der Waals surface area contributed by atoms with Gasteiger partial charge in [0.05, 0.1) is 30.9 Å². The highest BCUT2D eigenvalue weighted by Gasteiger charge is 2.40. The molecule has 4 atom stereocenters. The molecule has 108 valence electrons. The van der Waals surface area contributed by atoms with Crippen molar-refractivity contribution in [3.63, 3.8) is 0 Å². The van der Waals surface area contributed by atoms with Gasteiger partial charge < -0.3 is 25.2 Å². The summed E-state index contributed by atoms with van der Waals surface area (Å²) in [5.41, 5.74) is -0.414. The molecule has 19 heavy (non-hydrogen) atoms. The Morgan fingerprint density at radius 1 is 1.37 bits per heavy atom. The SMILES string of the molecule is CC1OCCC1(C)NC(=O)NC1COCC1C(=O)O. The number of ether oxygens (including phenoxy) is 2. The van der Waals surface area contributed by atoms with Gasteiger partial charge >= 0.3 is 12.0 Å². The summed E-state index contributed by atoms with van der Waals surface area (Å²) in [7, 11) is 0. The van der Waals surface area contributed by atoms with Crippen LogP contribution in [0, 0.1) is 5.92 Å². The van der Waals surface area contributed by atoms with Crippen molar-refractivity contribution in [3.8, 4) is 0 Å². The molecular weight excluding hydrogens is 252 g/mol. The molecule has 2 heterocycles. The molecule has 7 nitrogen and oxygen atoms in total. The van der Waals surface area contributed by atoms with Gasteiger partial charge in [-0.25, -0.2) is 4.79 Å². The second-order valence-corrected chi connectivity index (χ2v) is 5.37. The highest BCUT2D eigenvalue weighted by Crippen LogP contribution is 2.25. The van der Waals surface area contributed by atoms with Crippen LogP contribution < -0.4 is 10.6 Å². The summed E-state index contributed by atoms with van der Waals surface area (Å²) in [4.78, 5) is 22.9. The Balaban J connectivity index is 1.89. The topological polar surface area (TPSA) is 96.9 Å². The van der Waals surface area contributed by atoms with Gasteiger partial charge in [-0.15, -0.1) is 0 Å². The van der Waals surface area contributed by atoms with Gasteiger partial charge in [-0.05, 0) is 20.3 Å². The Labute approximate surface area is 111 Å². The molecule has 0 aliphatic carbocycles. The monoisotopic (exact) mass is 272 g/mol. The van der Waals surface area contributed by atoms with Gasteiger partial charge in [-0.2, -0.15) is 0 Å². The maximum Gasteiger partial charge on any atom is 0.315 e. The fourth-order valence-corrected chi connectivity index (χ4v) is 2.40. The highest BCUT2D eigenvalue weighted by molar-refractivity contribution is 5.77. The Bertz CT molecular complexity index is 375. The van der Waals surface area contributed by atoms with Crippen molar-refractivity contribution >= 4 is 12.0 Å². The normalized spacial score (nSPS) is 38.1. The minimum atomic E-state index is -0.952. The van der Waals surface area contributed by atoms with E-state index in [9.17, 15) is 9.59 Å². The van der Waals surface area contributed by atoms with Crippen LogP contribution in [-0.2, 0) is 14.3 Å². The second kappa shape index (κ2) is 5.34. The summed E-state index contributed by atoms with van der Waals surface area (Å²) in [5.74, 6) is -1.64. The fourth-order valence-electron chi connectivity index (χ4n) is 2.40. The minimum Gasteiger partial charge on any atom is -0.481 e. The molecule has 0 radical (unpaired) electrons. The largest absolute Gasteiger partial charge is 0.481 e. The molecule has 0 saturated carbocycles. The van der Waals surface area contributed by atoms with Crippen LogP contribution in [0.3, 0.4) is 0 Å². The van der Waals surface area contributed by atoms with Gasteiger partial charge in [0.15, 0.2) is 0 Å². The molecule has 2 saturated heterocycles. The van der Waals surface area contributed by atoms with Crippen molar-refractivity contribution in [1.29, 1.82) is 0 Å². The van der Waals surface area contributed by atoms with E-state index in [4.69, 9.17) is 14.6 Å². The molecule has 2 fully saturated rings. The third kappa shape index (κ3) is 2.98. The van der Waals surface area contributed by atoms with E-state index in [-0.39, 0.29) is 25.3 Å². The van der Waals surface area contributed by atoms with E-state index in [2.05, 4.69) is 10.6 Å². The van der Waals surface area contributed by atoms with Gasteiger partial charge in [0.1, 0.15) is 5.92 Å².